The maximum atomic E-state index is 11.4. The number of allylic oxidation sites excluding steroid dienone is 1. The second kappa shape index (κ2) is 9.65. The quantitative estimate of drug-likeness (QED) is 0.612. The summed E-state index contributed by atoms with van der Waals surface area (Å²) in [5, 5.41) is 11.4. The van der Waals surface area contributed by atoms with Crippen LogP contribution in [0.5, 0.6) is 0 Å². The van der Waals surface area contributed by atoms with E-state index in [4.69, 9.17) is 23.7 Å². The minimum Gasteiger partial charge on any atom is -0.387 e. The van der Waals surface area contributed by atoms with Crippen molar-refractivity contribution in [1.82, 2.24) is 0 Å². The Morgan fingerprint density at radius 1 is 1.08 bits per heavy atom. The van der Waals surface area contributed by atoms with Crippen LogP contribution in [0.4, 0.5) is 0 Å². The van der Waals surface area contributed by atoms with E-state index < -0.39 is 36.3 Å². The Balaban J connectivity index is 3.22. The van der Waals surface area contributed by atoms with Gasteiger partial charge in [-0.25, -0.2) is 0 Å². The third-order valence-corrected chi connectivity index (χ3v) is 4.46. The fraction of sp³-hybridized carbons (Fsp3) is 0.778. The van der Waals surface area contributed by atoms with Crippen molar-refractivity contribution in [3.8, 4) is 0 Å². The van der Waals surface area contributed by atoms with E-state index in [9.17, 15) is 5.11 Å². The van der Waals surface area contributed by atoms with Gasteiger partial charge in [-0.15, -0.1) is 13.2 Å². The molecule has 0 radical (unpaired) electrons. The second-order valence-electron chi connectivity index (χ2n) is 6.33. The highest BCUT2D eigenvalue weighted by Gasteiger charge is 2.54. The molecule has 0 saturated carbocycles. The summed E-state index contributed by atoms with van der Waals surface area (Å²) in [7, 11) is 6.26. The van der Waals surface area contributed by atoms with E-state index >= 15 is 0 Å². The van der Waals surface area contributed by atoms with Crippen LogP contribution in [0.3, 0.4) is 0 Å². The third-order valence-electron chi connectivity index (χ3n) is 4.46. The van der Waals surface area contributed by atoms with Crippen molar-refractivity contribution in [1.29, 1.82) is 0 Å². The Labute approximate surface area is 145 Å². The second-order valence-corrected chi connectivity index (χ2v) is 6.33. The summed E-state index contributed by atoms with van der Waals surface area (Å²) in [5.41, 5.74) is -0.315. The van der Waals surface area contributed by atoms with Crippen LogP contribution in [-0.4, -0.2) is 69.9 Å². The number of hydrogen-bond acceptors (Lipinski definition) is 6. The molecule has 0 bridgehead atoms. The summed E-state index contributed by atoms with van der Waals surface area (Å²) < 4.78 is 28.2. The minimum atomic E-state index is -1.17. The van der Waals surface area contributed by atoms with Gasteiger partial charge >= 0.3 is 0 Å². The first-order valence-electron chi connectivity index (χ1n) is 8.12. The number of methoxy groups -OCH3 is 4. The van der Waals surface area contributed by atoms with Crippen LogP contribution in [0.25, 0.3) is 0 Å². The van der Waals surface area contributed by atoms with Gasteiger partial charge in [0.1, 0.15) is 24.4 Å². The lowest BCUT2D eigenvalue weighted by molar-refractivity contribution is -0.329. The zero-order chi connectivity index (χ0) is 18.3. The van der Waals surface area contributed by atoms with Crippen molar-refractivity contribution in [2.45, 2.75) is 62.5 Å². The maximum absolute atomic E-state index is 11.4. The summed E-state index contributed by atoms with van der Waals surface area (Å²) in [6, 6.07) is 0. The Morgan fingerprint density at radius 2 is 1.67 bits per heavy atom. The standard InChI is InChI=1S/C18H32O6/c1-8-9-10-18(19,11-12(2)3)16-14(21-5)13(20-4)15(22-6)17(23-7)24-16/h8,13-17,19H,1-2,9-11H2,3-7H3/t13-,14-,15+,16-,17-,18?/m0/s1. The van der Waals surface area contributed by atoms with E-state index in [-0.39, 0.29) is 0 Å². The normalized spacial score (nSPS) is 33.0. The molecule has 0 spiro atoms. The molecule has 0 aromatic heterocycles. The van der Waals surface area contributed by atoms with Crippen molar-refractivity contribution < 1.29 is 28.8 Å². The van der Waals surface area contributed by atoms with Crippen LogP contribution < -0.4 is 0 Å². The van der Waals surface area contributed by atoms with Gasteiger partial charge < -0.3 is 28.8 Å². The molecule has 6 nitrogen and oxygen atoms in total. The molecular weight excluding hydrogens is 312 g/mol. The highest BCUT2D eigenvalue weighted by atomic mass is 16.7. The predicted octanol–water partition coefficient (Wildman–Crippen LogP) is 2.07. The highest BCUT2D eigenvalue weighted by molar-refractivity contribution is 5.07. The van der Waals surface area contributed by atoms with Crippen LogP contribution in [0.1, 0.15) is 26.2 Å². The molecule has 24 heavy (non-hydrogen) atoms. The van der Waals surface area contributed by atoms with Gasteiger partial charge in [-0.2, -0.15) is 0 Å². The fourth-order valence-corrected chi connectivity index (χ4v) is 3.41. The molecule has 0 aromatic rings. The van der Waals surface area contributed by atoms with Crippen molar-refractivity contribution in [3.05, 3.63) is 24.8 Å². The molecule has 1 aliphatic rings. The van der Waals surface area contributed by atoms with E-state index in [2.05, 4.69) is 13.2 Å². The minimum absolute atomic E-state index is 0.385. The molecule has 1 heterocycles. The van der Waals surface area contributed by atoms with E-state index in [0.29, 0.717) is 19.3 Å². The van der Waals surface area contributed by atoms with Crippen molar-refractivity contribution >= 4 is 0 Å². The van der Waals surface area contributed by atoms with E-state index in [1.165, 1.54) is 7.11 Å². The molecule has 0 aromatic carbocycles. The number of hydrogen-bond donors (Lipinski definition) is 1. The van der Waals surface area contributed by atoms with Gasteiger partial charge in [0.15, 0.2) is 6.29 Å². The van der Waals surface area contributed by atoms with E-state index in [1.807, 2.05) is 6.92 Å². The zero-order valence-corrected chi connectivity index (χ0v) is 15.5. The predicted molar refractivity (Wildman–Crippen MR) is 91.9 cm³/mol. The van der Waals surface area contributed by atoms with E-state index in [1.54, 1.807) is 27.4 Å². The Morgan fingerprint density at radius 3 is 2.08 bits per heavy atom. The summed E-state index contributed by atoms with van der Waals surface area (Å²) in [6.07, 6.45) is 0.529. The smallest absolute Gasteiger partial charge is 0.186 e. The monoisotopic (exact) mass is 344 g/mol. The van der Waals surface area contributed by atoms with Crippen molar-refractivity contribution in [2.75, 3.05) is 28.4 Å². The van der Waals surface area contributed by atoms with Gasteiger partial charge in [0.2, 0.25) is 0 Å². The molecule has 6 atom stereocenters. The maximum Gasteiger partial charge on any atom is 0.186 e. The Kier molecular flexibility index (Phi) is 8.56. The summed E-state index contributed by atoms with van der Waals surface area (Å²) in [4.78, 5) is 0. The number of ether oxygens (including phenoxy) is 5. The molecule has 1 N–H and O–H groups in total. The topological polar surface area (TPSA) is 66.4 Å². The van der Waals surface area contributed by atoms with Crippen LogP contribution in [-0.2, 0) is 23.7 Å². The molecule has 1 fully saturated rings. The Bertz CT molecular complexity index is 412. The third kappa shape index (κ3) is 4.65. The summed E-state index contributed by atoms with van der Waals surface area (Å²) >= 11 is 0. The largest absolute Gasteiger partial charge is 0.387 e. The highest BCUT2D eigenvalue weighted by Crippen LogP contribution is 2.37. The zero-order valence-electron chi connectivity index (χ0n) is 15.5. The van der Waals surface area contributed by atoms with Gasteiger partial charge in [0, 0.05) is 28.4 Å². The first-order valence-corrected chi connectivity index (χ1v) is 8.12. The van der Waals surface area contributed by atoms with Crippen LogP contribution >= 0.6 is 0 Å². The van der Waals surface area contributed by atoms with Gasteiger partial charge in [-0.3, -0.25) is 0 Å². The van der Waals surface area contributed by atoms with Gasteiger partial charge in [0.05, 0.1) is 5.60 Å². The molecule has 0 amide bonds. The van der Waals surface area contributed by atoms with Gasteiger partial charge in [0.25, 0.3) is 0 Å². The molecule has 140 valence electrons. The summed E-state index contributed by atoms with van der Waals surface area (Å²) in [5.74, 6) is 0. The molecule has 1 aliphatic heterocycles. The lowest BCUT2D eigenvalue weighted by Gasteiger charge is -2.49. The summed E-state index contributed by atoms with van der Waals surface area (Å²) in [6.45, 7) is 9.55. The average Bonchev–Trinajstić information content (AvgIpc) is 2.56. The fourth-order valence-electron chi connectivity index (χ4n) is 3.41. The first kappa shape index (κ1) is 21.3. The van der Waals surface area contributed by atoms with Crippen LogP contribution in [0.15, 0.2) is 24.8 Å². The lowest BCUT2D eigenvalue weighted by atomic mass is 9.79. The lowest BCUT2D eigenvalue weighted by Crippen LogP contribution is -2.66. The van der Waals surface area contributed by atoms with Gasteiger partial charge in [-0.1, -0.05) is 11.6 Å². The van der Waals surface area contributed by atoms with Gasteiger partial charge in [-0.05, 0) is 26.2 Å². The first-order chi connectivity index (χ1) is 11.4. The molecular formula is C18H32O6. The average molecular weight is 344 g/mol. The Hall–Kier alpha value is -0.760. The molecule has 1 unspecified atom stereocenters. The molecule has 1 saturated heterocycles. The molecule has 1 rings (SSSR count). The van der Waals surface area contributed by atoms with Crippen molar-refractivity contribution in [2.24, 2.45) is 0 Å². The van der Waals surface area contributed by atoms with Crippen LogP contribution in [0.2, 0.25) is 0 Å². The van der Waals surface area contributed by atoms with Crippen molar-refractivity contribution in [3.63, 3.8) is 0 Å². The molecule has 6 heteroatoms. The van der Waals surface area contributed by atoms with Crippen LogP contribution in [0, 0.1) is 0 Å². The molecule has 0 aliphatic carbocycles. The SMILES string of the molecule is C=CCCC(O)(CC(=C)C)[C@H]1O[C@H](OC)[C@H](OC)[C@@H](OC)[C@@H]1OC. The van der Waals surface area contributed by atoms with E-state index in [0.717, 1.165) is 5.57 Å². The number of aliphatic hydroxyl groups is 1. The number of rotatable bonds is 10.